The van der Waals surface area contributed by atoms with Gasteiger partial charge in [0.1, 0.15) is 0 Å². The van der Waals surface area contributed by atoms with E-state index in [0.29, 0.717) is 17.8 Å². The number of anilines is 1. The van der Waals surface area contributed by atoms with Crippen molar-refractivity contribution in [2.45, 2.75) is 19.8 Å². The predicted octanol–water partition coefficient (Wildman–Crippen LogP) is 1.10. The summed E-state index contributed by atoms with van der Waals surface area (Å²) >= 11 is 0. The van der Waals surface area contributed by atoms with Crippen molar-refractivity contribution in [2.75, 3.05) is 11.9 Å². The van der Waals surface area contributed by atoms with Gasteiger partial charge in [0.25, 0.3) is 0 Å². The maximum atomic E-state index is 11.9. The summed E-state index contributed by atoms with van der Waals surface area (Å²) in [4.78, 5) is 22.9. The number of rotatable bonds is 6. The fourth-order valence-corrected chi connectivity index (χ4v) is 1.70. The van der Waals surface area contributed by atoms with Gasteiger partial charge in [0, 0.05) is 17.8 Å². The molecule has 0 aromatic heterocycles. The van der Waals surface area contributed by atoms with E-state index in [-0.39, 0.29) is 11.8 Å². The summed E-state index contributed by atoms with van der Waals surface area (Å²) in [6.45, 7) is 2.32. The zero-order valence-electron chi connectivity index (χ0n) is 10.5. The fourth-order valence-electron chi connectivity index (χ4n) is 1.70. The average molecular weight is 249 g/mol. The number of amides is 2. The first kappa shape index (κ1) is 14.2. The molecule has 0 heterocycles. The van der Waals surface area contributed by atoms with E-state index in [9.17, 15) is 9.59 Å². The Morgan fingerprint density at radius 3 is 2.67 bits per heavy atom. The van der Waals surface area contributed by atoms with E-state index in [1.54, 1.807) is 24.3 Å². The van der Waals surface area contributed by atoms with Crippen molar-refractivity contribution in [1.29, 1.82) is 0 Å². The quantitative estimate of drug-likeness (QED) is 0.704. The van der Waals surface area contributed by atoms with E-state index in [1.165, 1.54) is 0 Å². The SMILES string of the molecule is CCCC(CN)C(=O)Nc1cccc(C(N)=O)c1. The highest BCUT2D eigenvalue weighted by molar-refractivity contribution is 5.96. The highest BCUT2D eigenvalue weighted by Crippen LogP contribution is 2.13. The average Bonchev–Trinajstić information content (AvgIpc) is 2.36. The number of carbonyl (C=O) groups is 2. The van der Waals surface area contributed by atoms with Crippen molar-refractivity contribution in [2.24, 2.45) is 17.4 Å². The number of nitrogens with one attached hydrogen (secondary N) is 1. The molecular formula is C13H19N3O2. The topological polar surface area (TPSA) is 98.2 Å². The standard InChI is InChI=1S/C13H19N3O2/c1-2-4-10(8-14)13(18)16-11-6-3-5-9(7-11)12(15)17/h3,5-7,10H,2,4,8,14H2,1H3,(H2,15,17)(H,16,18). The predicted molar refractivity (Wildman–Crippen MR) is 71.0 cm³/mol. The highest BCUT2D eigenvalue weighted by atomic mass is 16.2. The van der Waals surface area contributed by atoms with Crippen LogP contribution in [0.25, 0.3) is 0 Å². The second-order valence-electron chi connectivity index (χ2n) is 4.16. The van der Waals surface area contributed by atoms with Gasteiger partial charge >= 0.3 is 0 Å². The number of primary amides is 1. The van der Waals surface area contributed by atoms with Crippen molar-refractivity contribution in [3.8, 4) is 0 Å². The lowest BCUT2D eigenvalue weighted by Crippen LogP contribution is -2.29. The smallest absolute Gasteiger partial charge is 0.248 e. The van der Waals surface area contributed by atoms with Gasteiger partial charge in [-0.1, -0.05) is 19.4 Å². The Kier molecular flexibility index (Phi) is 5.32. The van der Waals surface area contributed by atoms with Gasteiger partial charge in [-0.15, -0.1) is 0 Å². The van der Waals surface area contributed by atoms with Crippen LogP contribution in [0.15, 0.2) is 24.3 Å². The van der Waals surface area contributed by atoms with Crippen LogP contribution in [0.5, 0.6) is 0 Å². The molecule has 1 aromatic rings. The molecule has 0 aliphatic heterocycles. The van der Waals surface area contributed by atoms with E-state index in [1.807, 2.05) is 6.92 Å². The van der Waals surface area contributed by atoms with Crippen LogP contribution in [0.2, 0.25) is 0 Å². The molecule has 0 aliphatic carbocycles. The van der Waals surface area contributed by atoms with Crippen LogP contribution in [0, 0.1) is 5.92 Å². The van der Waals surface area contributed by atoms with Crippen LogP contribution in [0.3, 0.4) is 0 Å². The third-order valence-electron chi connectivity index (χ3n) is 2.71. The fraction of sp³-hybridized carbons (Fsp3) is 0.385. The molecule has 0 radical (unpaired) electrons. The Morgan fingerprint density at radius 1 is 1.39 bits per heavy atom. The van der Waals surface area contributed by atoms with Gasteiger partial charge in [0.2, 0.25) is 11.8 Å². The Morgan fingerprint density at radius 2 is 2.11 bits per heavy atom. The van der Waals surface area contributed by atoms with Crippen molar-refractivity contribution in [3.05, 3.63) is 29.8 Å². The molecule has 98 valence electrons. The summed E-state index contributed by atoms with van der Waals surface area (Å²) in [7, 11) is 0. The van der Waals surface area contributed by atoms with Crippen LogP contribution in [-0.2, 0) is 4.79 Å². The first-order valence-corrected chi connectivity index (χ1v) is 5.99. The number of benzene rings is 1. The molecule has 0 aliphatic rings. The Balaban J connectivity index is 2.74. The number of hydrogen-bond acceptors (Lipinski definition) is 3. The molecule has 0 saturated heterocycles. The van der Waals surface area contributed by atoms with Gasteiger partial charge in [0.15, 0.2) is 0 Å². The van der Waals surface area contributed by atoms with E-state index in [2.05, 4.69) is 5.32 Å². The van der Waals surface area contributed by atoms with Crippen molar-refractivity contribution in [3.63, 3.8) is 0 Å². The van der Waals surface area contributed by atoms with Crippen LogP contribution in [0.1, 0.15) is 30.1 Å². The molecule has 5 nitrogen and oxygen atoms in total. The van der Waals surface area contributed by atoms with E-state index in [0.717, 1.165) is 12.8 Å². The van der Waals surface area contributed by atoms with E-state index >= 15 is 0 Å². The molecule has 1 aromatic carbocycles. The maximum absolute atomic E-state index is 11.9. The Hall–Kier alpha value is -1.88. The second-order valence-corrected chi connectivity index (χ2v) is 4.16. The lowest BCUT2D eigenvalue weighted by Gasteiger charge is -2.14. The molecule has 1 unspecified atom stereocenters. The largest absolute Gasteiger partial charge is 0.366 e. The maximum Gasteiger partial charge on any atom is 0.248 e. The van der Waals surface area contributed by atoms with Crippen LogP contribution < -0.4 is 16.8 Å². The normalized spacial score (nSPS) is 11.9. The molecule has 0 saturated carbocycles. The number of nitrogens with two attached hydrogens (primary N) is 2. The molecule has 0 spiro atoms. The number of carbonyl (C=O) groups excluding carboxylic acids is 2. The highest BCUT2D eigenvalue weighted by Gasteiger charge is 2.15. The van der Waals surface area contributed by atoms with E-state index in [4.69, 9.17) is 11.5 Å². The third-order valence-corrected chi connectivity index (χ3v) is 2.71. The molecule has 1 atom stereocenters. The molecule has 18 heavy (non-hydrogen) atoms. The first-order valence-electron chi connectivity index (χ1n) is 5.99. The van der Waals surface area contributed by atoms with Gasteiger partial charge < -0.3 is 16.8 Å². The van der Waals surface area contributed by atoms with Crippen LogP contribution >= 0.6 is 0 Å². The molecule has 0 bridgehead atoms. The van der Waals surface area contributed by atoms with Gasteiger partial charge in [-0.3, -0.25) is 9.59 Å². The molecule has 5 heteroatoms. The summed E-state index contributed by atoms with van der Waals surface area (Å²) in [5.41, 5.74) is 11.7. The van der Waals surface area contributed by atoms with Gasteiger partial charge in [-0.25, -0.2) is 0 Å². The number of hydrogen-bond donors (Lipinski definition) is 3. The summed E-state index contributed by atoms with van der Waals surface area (Å²) in [5, 5.41) is 2.75. The summed E-state index contributed by atoms with van der Waals surface area (Å²) in [5.74, 6) is -0.844. The van der Waals surface area contributed by atoms with Crippen LogP contribution in [0.4, 0.5) is 5.69 Å². The third kappa shape index (κ3) is 3.85. The summed E-state index contributed by atoms with van der Waals surface area (Å²) in [6, 6.07) is 6.54. The lowest BCUT2D eigenvalue weighted by atomic mass is 10.0. The van der Waals surface area contributed by atoms with Crippen LogP contribution in [-0.4, -0.2) is 18.4 Å². The van der Waals surface area contributed by atoms with Crippen molar-refractivity contribution >= 4 is 17.5 Å². The summed E-state index contributed by atoms with van der Waals surface area (Å²) in [6.07, 6.45) is 1.65. The minimum Gasteiger partial charge on any atom is -0.366 e. The molecule has 2 amide bonds. The minimum atomic E-state index is -0.518. The zero-order chi connectivity index (χ0) is 13.5. The summed E-state index contributed by atoms with van der Waals surface area (Å²) < 4.78 is 0. The molecule has 0 fully saturated rings. The van der Waals surface area contributed by atoms with E-state index < -0.39 is 5.91 Å². The molecule has 1 rings (SSSR count). The Labute approximate surface area is 107 Å². The van der Waals surface area contributed by atoms with Crippen molar-refractivity contribution < 1.29 is 9.59 Å². The molecular weight excluding hydrogens is 230 g/mol. The van der Waals surface area contributed by atoms with Gasteiger partial charge in [0.05, 0.1) is 5.92 Å². The second kappa shape index (κ2) is 6.76. The lowest BCUT2D eigenvalue weighted by molar-refractivity contribution is -0.119. The zero-order valence-corrected chi connectivity index (χ0v) is 10.5. The van der Waals surface area contributed by atoms with Gasteiger partial charge in [-0.05, 0) is 24.6 Å². The molecule has 5 N–H and O–H groups in total. The monoisotopic (exact) mass is 249 g/mol. The minimum absolute atomic E-state index is 0.124. The van der Waals surface area contributed by atoms with Gasteiger partial charge in [-0.2, -0.15) is 0 Å². The van der Waals surface area contributed by atoms with Crippen molar-refractivity contribution in [1.82, 2.24) is 0 Å². The first-order chi connectivity index (χ1) is 8.58. The Bertz CT molecular complexity index is 432.